The zero-order chi connectivity index (χ0) is 27.0. The molecule has 0 radical (unpaired) electrons. The van der Waals surface area contributed by atoms with Crippen LogP contribution in [0, 0.1) is 17.8 Å². The number of hydrogen-bond acceptors (Lipinski definition) is 8. The van der Waals surface area contributed by atoms with Crippen molar-refractivity contribution < 1.29 is 37.9 Å². The Morgan fingerprint density at radius 1 is 0.513 bits per heavy atom. The van der Waals surface area contributed by atoms with Gasteiger partial charge in [0.25, 0.3) is 0 Å². The highest BCUT2D eigenvalue weighted by atomic mass is 16.6. The first kappa shape index (κ1) is 30.7. The van der Waals surface area contributed by atoms with Crippen molar-refractivity contribution in [2.24, 2.45) is 17.8 Å². The van der Waals surface area contributed by atoms with Gasteiger partial charge in [0.2, 0.25) is 0 Å². The summed E-state index contributed by atoms with van der Waals surface area (Å²) in [6.45, 7) is 7.80. The second-order valence-corrected chi connectivity index (χ2v) is 11.2. The summed E-state index contributed by atoms with van der Waals surface area (Å²) in [5.74, 6) is 3.85. The van der Waals surface area contributed by atoms with E-state index in [-0.39, 0.29) is 0 Å². The Morgan fingerprint density at radius 3 is 1.26 bits per heavy atom. The fourth-order valence-electron chi connectivity index (χ4n) is 6.93. The van der Waals surface area contributed by atoms with E-state index in [0.29, 0.717) is 97.9 Å². The van der Waals surface area contributed by atoms with Crippen LogP contribution in [-0.2, 0) is 38.6 Å². The van der Waals surface area contributed by atoms with E-state index in [1.807, 2.05) is 0 Å². The molecular formula is C31H50O8. The van der Waals surface area contributed by atoms with E-state index in [1.165, 1.54) is 38.5 Å². The molecule has 5 rings (SSSR count). The summed E-state index contributed by atoms with van der Waals surface area (Å²) in [7, 11) is 1.66. The Bertz CT molecular complexity index is 735. The Labute approximate surface area is 234 Å². The lowest BCUT2D eigenvalue weighted by Gasteiger charge is -2.57. The maximum absolute atomic E-state index is 5.90. The van der Waals surface area contributed by atoms with Crippen LogP contribution in [0.15, 0.2) is 24.3 Å². The third-order valence-electron chi connectivity index (χ3n) is 8.29. The fraction of sp³-hybridized carbons (Fsp3) is 0.806. The van der Waals surface area contributed by atoms with Gasteiger partial charge in [-0.25, -0.2) is 0 Å². The first-order chi connectivity index (χ1) is 19.3. The van der Waals surface area contributed by atoms with E-state index in [2.05, 4.69) is 24.3 Å². The van der Waals surface area contributed by atoms with Gasteiger partial charge in [0.05, 0.1) is 85.9 Å². The Balaban J connectivity index is 0.901. The minimum Gasteiger partial charge on any atom is -0.491 e. The number of benzene rings is 1. The fourth-order valence-corrected chi connectivity index (χ4v) is 6.93. The minimum atomic E-state index is 0.449. The molecule has 0 aromatic heterocycles. The maximum atomic E-state index is 5.90. The standard InChI is InChI=1S/C31H50O8/c1-32-6-7-33-8-9-34-10-11-35-12-13-36-14-15-37-16-17-38-18-19-39-30-4-2-29(3-5-30)31-23-26-20-27(24-31)22-28(21-26)25-31/h2-5,26-28H,6-25H2,1H3. The lowest BCUT2D eigenvalue weighted by atomic mass is 9.48. The number of ether oxygens (including phenoxy) is 8. The quantitative estimate of drug-likeness (QED) is 0.187. The summed E-state index contributed by atoms with van der Waals surface area (Å²) in [6.07, 6.45) is 8.66. The monoisotopic (exact) mass is 550 g/mol. The van der Waals surface area contributed by atoms with Gasteiger partial charge >= 0.3 is 0 Å². The van der Waals surface area contributed by atoms with Crippen molar-refractivity contribution in [3.63, 3.8) is 0 Å². The number of rotatable bonds is 23. The van der Waals surface area contributed by atoms with Crippen LogP contribution in [-0.4, -0.2) is 99.6 Å². The van der Waals surface area contributed by atoms with Crippen molar-refractivity contribution in [3.05, 3.63) is 29.8 Å². The van der Waals surface area contributed by atoms with Crippen LogP contribution < -0.4 is 4.74 Å². The van der Waals surface area contributed by atoms with E-state index in [1.54, 1.807) is 12.7 Å². The van der Waals surface area contributed by atoms with E-state index in [9.17, 15) is 0 Å². The highest BCUT2D eigenvalue weighted by molar-refractivity contribution is 5.34. The first-order valence-corrected chi connectivity index (χ1v) is 15.0. The minimum absolute atomic E-state index is 0.449. The van der Waals surface area contributed by atoms with Gasteiger partial charge in [-0.05, 0) is 79.4 Å². The molecule has 1 aromatic carbocycles. The van der Waals surface area contributed by atoms with E-state index >= 15 is 0 Å². The predicted octanol–water partition coefficient (Wildman–Crippen LogP) is 4.28. The van der Waals surface area contributed by atoms with Crippen LogP contribution in [0.2, 0.25) is 0 Å². The Morgan fingerprint density at radius 2 is 0.872 bits per heavy atom. The summed E-state index contributed by atoms with van der Waals surface area (Å²) >= 11 is 0. The molecule has 0 saturated heterocycles. The summed E-state index contributed by atoms with van der Waals surface area (Å²) in [5, 5.41) is 0. The van der Waals surface area contributed by atoms with Gasteiger partial charge in [0, 0.05) is 7.11 Å². The molecule has 4 fully saturated rings. The summed E-state index contributed by atoms with van der Waals surface area (Å²) in [6, 6.07) is 8.95. The van der Waals surface area contributed by atoms with Crippen molar-refractivity contribution in [1.82, 2.24) is 0 Å². The highest BCUT2D eigenvalue weighted by Crippen LogP contribution is 2.60. The van der Waals surface area contributed by atoms with Gasteiger partial charge in [-0.15, -0.1) is 0 Å². The molecular weight excluding hydrogens is 500 g/mol. The van der Waals surface area contributed by atoms with Crippen LogP contribution >= 0.6 is 0 Å². The highest BCUT2D eigenvalue weighted by Gasteiger charge is 2.51. The average Bonchev–Trinajstić information content (AvgIpc) is 2.93. The second-order valence-electron chi connectivity index (χ2n) is 11.2. The summed E-state index contributed by atoms with van der Waals surface area (Å²) < 4.78 is 43.7. The second kappa shape index (κ2) is 17.5. The lowest BCUT2D eigenvalue weighted by Crippen LogP contribution is -2.48. The molecule has 0 unspecified atom stereocenters. The van der Waals surface area contributed by atoms with Crippen molar-refractivity contribution in [2.45, 2.75) is 43.9 Å². The molecule has 8 nitrogen and oxygen atoms in total. The van der Waals surface area contributed by atoms with Crippen molar-refractivity contribution in [2.75, 3.05) is 99.6 Å². The molecule has 39 heavy (non-hydrogen) atoms. The first-order valence-electron chi connectivity index (χ1n) is 15.0. The van der Waals surface area contributed by atoms with Gasteiger partial charge in [-0.2, -0.15) is 0 Å². The molecule has 0 aliphatic heterocycles. The van der Waals surface area contributed by atoms with Crippen LogP contribution in [0.25, 0.3) is 0 Å². The normalized spacial score (nSPS) is 25.4. The van der Waals surface area contributed by atoms with Gasteiger partial charge in [0.15, 0.2) is 0 Å². The molecule has 0 amide bonds. The maximum Gasteiger partial charge on any atom is 0.119 e. The van der Waals surface area contributed by atoms with Crippen LogP contribution in [0.4, 0.5) is 0 Å². The van der Waals surface area contributed by atoms with E-state index < -0.39 is 0 Å². The van der Waals surface area contributed by atoms with E-state index in [0.717, 1.165) is 23.5 Å². The molecule has 4 aliphatic rings. The zero-order valence-corrected chi connectivity index (χ0v) is 23.9. The third-order valence-corrected chi connectivity index (χ3v) is 8.29. The average molecular weight is 551 g/mol. The Hall–Kier alpha value is -1.26. The predicted molar refractivity (Wildman–Crippen MR) is 149 cm³/mol. The summed E-state index contributed by atoms with van der Waals surface area (Å²) in [5.41, 5.74) is 1.99. The molecule has 0 spiro atoms. The van der Waals surface area contributed by atoms with Gasteiger partial charge in [-0.1, -0.05) is 12.1 Å². The molecule has 0 N–H and O–H groups in total. The molecule has 8 heteroatoms. The summed E-state index contributed by atoms with van der Waals surface area (Å²) in [4.78, 5) is 0. The number of methoxy groups -OCH3 is 1. The molecule has 0 heterocycles. The molecule has 0 atom stereocenters. The van der Waals surface area contributed by atoms with E-state index in [4.69, 9.17) is 37.9 Å². The van der Waals surface area contributed by atoms with Crippen molar-refractivity contribution >= 4 is 0 Å². The van der Waals surface area contributed by atoms with Gasteiger partial charge in [0.1, 0.15) is 12.4 Å². The van der Waals surface area contributed by atoms with Crippen LogP contribution in [0.3, 0.4) is 0 Å². The smallest absolute Gasteiger partial charge is 0.119 e. The van der Waals surface area contributed by atoms with Crippen LogP contribution in [0.5, 0.6) is 5.75 Å². The van der Waals surface area contributed by atoms with Crippen LogP contribution in [0.1, 0.15) is 44.1 Å². The Kier molecular flexibility index (Phi) is 13.8. The topological polar surface area (TPSA) is 73.8 Å². The lowest BCUT2D eigenvalue weighted by molar-refractivity contribution is -0.0199. The largest absolute Gasteiger partial charge is 0.491 e. The SMILES string of the molecule is COCCOCCOCCOCCOCCOCCOCCOc1ccc(C23CC4CC(CC(C4)C2)C3)cc1. The zero-order valence-electron chi connectivity index (χ0n) is 23.9. The third kappa shape index (κ3) is 10.6. The number of hydrogen-bond donors (Lipinski definition) is 0. The molecule has 4 bridgehead atoms. The molecule has 222 valence electrons. The van der Waals surface area contributed by atoms with Crippen molar-refractivity contribution in [3.8, 4) is 5.75 Å². The molecule has 4 aliphatic carbocycles. The van der Waals surface area contributed by atoms with Gasteiger partial charge in [-0.3, -0.25) is 0 Å². The molecule has 1 aromatic rings. The van der Waals surface area contributed by atoms with Gasteiger partial charge < -0.3 is 37.9 Å². The molecule has 4 saturated carbocycles. The van der Waals surface area contributed by atoms with Crippen molar-refractivity contribution in [1.29, 1.82) is 0 Å².